The molecule has 214 valence electrons. The van der Waals surface area contributed by atoms with Crippen LogP contribution in [0.25, 0.3) is 11.1 Å². The van der Waals surface area contributed by atoms with Crippen LogP contribution >= 0.6 is 0 Å². The topological polar surface area (TPSA) is 94.0 Å². The Bertz CT molecular complexity index is 1240. The van der Waals surface area contributed by atoms with Gasteiger partial charge in [0.2, 0.25) is 11.8 Å². The van der Waals surface area contributed by atoms with Gasteiger partial charge in [-0.3, -0.25) is 14.9 Å². The largest absolute Gasteiger partial charge is 0.355 e. The Morgan fingerprint density at radius 3 is 2.02 bits per heavy atom. The zero-order chi connectivity index (χ0) is 29.1. The highest BCUT2D eigenvalue weighted by molar-refractivity contribution is 5.91. The molecule has 9 heteroatoms. The van der Waals surface area contributed by atoms with E-state index in [0.717, 1.165) is 36.0 Å². The molecule has 6 nitrogen and oxygen atoms in total. The summed E-state index contributed by atoms with van der Waals surface area (Å²) >= 11 is 0. The number of nitriles is 1. The molecule has 2 aromatic carbocycles. The third-order valence-corrected chi connectivity index (χ3v) is 7.73. The second-order valence-corrected chi connectivity index (χ2v) is 11.7. The van der Waals surface area contributed by atoms with Crippen LogP contribution in [-0.2, 0) is 15.0 Å². The van der Waals surface area contributed by atoms with E-state index in [1.807, 2.05) is 37.3 Å². The monoisotopic (exact) mass is 554 g/mol. The smallest absolute Gasteiger partial charge is 0.257 e. The number of nitrogens with one attached hydrogen (secondary N) is 3. The first-order valence-electron chi connectivity index (χ1n) is 13.9. The van der Waals surface area contributed by atoms with Crippen molar-refractivity contribution >= 4 is 11.8 Å². The molecule has 0 bridgehead atoms. The van der Waals surface area contributed by atoms with Crippen molar-refractivity contribution in [3.63, 3.8) is 0 Å². The average molecular weight is 555 g/mol. The van der Waals surface area contributed by atoms with Gasteiger partial charge in [-0.15, -0.1) is 0 Å². The van der Waals surface area contributed by atoms with E-state index in [1.165, 1.54) is 13.8 Å². The highest BCUT2D eigenvalue weighted by Crippen LogP contribution is 2.48. The van der Waals surface area contributed by atoms with Gasteiger partial charge in [-0.1, -0.05) is 55.5 Å². The van der Waals surface area contributed by atoms with Crippen LogP contribution in [0.1, 0.15) is 76.5 Å². The summed E-state index contributed by atoms with van der Waals surface area (Å²) in [6.07, 6.45) is 0.281. The molecule has 40 heavy (non-hydrogen) atoms. The van der Waals surface area contributed by atoms with Crippen LogP contribution in [0.4, 0.5) is 13.2 Å². The Labute approximate surface area is 233 Å². The van der Waals surface area contributed by atoms with E-state index in [0.29, 0.717) is 19.4 Å². The maximum atomic E-state index is 14.5. The van der Waals surface area contributed by atoms with E-state index < -0.39 is 41.0 Å². The molecule has 0 aromatic heterocycles. The number of carbonyl (C=O) groups excluding carboxylic acids is 2. The Morgan fingerprint density at radius 2 is 1.57 bits per heavy atom. The molecule has 2 aliphatic carbocycles. The third-order valence-electron chi connectivity index (χ3n) is 7.73. The predicted octanol–water partition coefficient (Wildman–Crippen LogP) is 5.49. The number of alkyl halides is 3. The van der Waals surface area contributed by atoms with Crippen LogP contribution in [-0.4, -0.2) is 42.0 Å². The SMILES string of the molecule is CCCNC(=O)C1(c2ccc(-c3ccc([C@H](N[C@@H](CC(C)(C)F)C(=O)NC4(C#N)CC4)C(F)F)cc3)cc2)CC1. The van der Waals surface area contributed by atoms with Gasteiger partial charge in [0.05, 0.1) is 23.6 Å². The second kappa shape index (κ2) is 11.6. The van der Waals surface area contributed by atoms with Crippen LogP contribution in [0.3, 0.4) is 0 Å². The van der Waals surface area contributed by atoms with E-state index >= 15 is 0 Å². The van der Waals surface area contributed by atoms with Crippen molar-refractivity contribution in [2.75, 3.05) is 6.54 Å². The van der Waals surface area contributed by atoms with Gasteiger partial charge in [0.1, 0.15) is 11.2 Å². The fourth-order valence-electron chi connectivity index (χ4n) is 5.00. The standard InChI is InChI=1S/C31H37F3N4O2/c1-4-17-36-28(40)31(15-16-31)23-11-9-21(10-12-23)20-5-7-22(8-6-20)25(26(32)33)37-24(18-29(2,3)34)27(39)38-30(19-35)13-14-30/h5-12,24-26,37H,4,13-18H2,1-3H3,(H,36,40)(H,38,39)/t24-,25-/m0/s1. The van der Waals surface area contributed by atoms with Gasteiger partial charge in [0.25, 0.3) is 6.43 Å². The maximum Gasteiger partial charge on any atom is 0.257 e. The van der Waals surface area contributed by atoms with E-state index in [2.05, 4.69) is 16.0 Å². The molecule has 2 aliphatic rings. The van der Waals surface area contributed by atoms with Crippen LogP contribution in [0.15, 0.2) is 48.5 Å². The fourth-order valence-corrected chi connectivity index (χ4v) is 5.00. The van der Waals surface area contributed by atoms with Crippen LogP contribution in [0.5, 0.6) is 0 Å². The summed E-state index contributed by atoms with van der Waals surface area (Å²) in [6.45, 7) is 5.23. The quantitative estimate of drug-likeness (QED) is 0.305. The Morgan fingerprint density at radius 1 is 1.00 bits per heavy atom. The lowest BCUT2D eigenvalue weighted by Crippen LogP contribution is -2.52. The molecule has 4 rings (SSSR count). The highest BCUT2D eigenvalue weighted by atomic mass is 19.3. The molecule has 2 atom stereocenters. The lowest BCUT2D eigenvalue weighted by atomic mass is 9.92. The van der Waals surface area contributed by atoms with Crippen LogP contribution in [0, 0.1) is 11.3 Å². The molecule has 2 amide bonds. The van der Waals surface area contributed by atoms with Crippen molar-refractivity contribution in [3.05, 3.63) is 59.7 Å². The fraction of sp³-hybridized carbons (Fsp3) is 0.516. The van der Waals surface area contributed by atoms with Gasteiger partial charge in [-0.2, -0.15) is 5.26 Å². The van der Waals surface area contributed by atoms with Gasteiger partial charge in [-0.25, -0.2) is 13.2 Å². The first-order valence-corrected chi connectivity index (χ1v) is 13.9. The van der Waals surface area contributed by atoms with Gasteiger partial charge >= 0.3 is 0 Å². The van der Waals surface area contributed by atoms with Crippen molar-refractivity contribution in [2.45, 2.75) is 94.4 Å². The number of carbonyl (C=O) groups is 2. The van der Waals surface area contributed by atoms with Gasteiger partial charge < -0.3 is 10.6 Å². The Balaban J connectivity index is 1.48. The predicted molar refractivity (Wildman–Crippen MR) is 147 cm³/mol. The molecule has 0 heterocycles. The lowest BCUT2D eigenvalue weighted by molar-refractivity contribution is -0.125. The van der Waals surface area contributed by atoms with E-state index in [-0.39, 0.29) is 17.9 Å². The van der Waals surface area contributed by atoms with Gasteiger partial charge in [-0.05, 0) is 68.2 Å². The van der Waals surface area contributed by atoms with Gasteiger partial charge in [0, 0.05) is 13.0 Å². The van der Waals surface area contributed by atoms with E-state index in [4.69, 9.17) is 0 Å². The minimum absolute atomic E-state index is 0.0556. The summed E-state index contributed by atoms with van der Waals surface area (Å²) in [6, 6.07) is 13.6. The van der Waals surface area contributed by atoms with Crippen molar-refractivity contribution < 1.29 is 22.8 Å². The minimum atomic E-state index is -2.86. The first kappa shape index (κ1) is 29.6. The molecule has 3 N–H and O–H groups in total. The number of benzene rings is 2. The van der Waals surface area contributed by atoms with Gasteiger partial charge in [0.15, 0.2) is 0 Å². The normalized spacial score (nSPS) is 18.4. The van der Waals surface area contributed by atoms with Crippen molar-refractivity contribution in [1.82, 2.24) is 16.0 Å². The summed E-state index contributed by atoms with van der Waals surface area (Å²) in [5.41, 5.74) is -0.332. The Kier molecular flexibility index (Phi) is 8.60. The van der Waals surface area contributed by atoms with Crippen molar-refractivity contribution in [1.29, 1.82) is 5.26 Å². The van der Waals surface area contributed by atoms with Crippen molar-refractivity contribution in [3.8, 4) is 17.2 Å². The number of halogens is 3. The zero-order valence-electron chi connectivity index (χ0n) is 23.2. The molecule has 2 fully saturated rings. The summed E-state index contributed by atoms with van der Waals surface area (Å²) in [5, 5.41) is 17.6. The zero-order valence-corrected chi connectivity index (χ0v) is 23.2. The molecule has 0 saturated heterocycles. The lowest BCUT2D eigenvalue weighted by Gasteiger charge is -2.29. The molecule has 0 spiro atoms. The van der Waals surface area contributed by atoms with Crippen LogP contribution in [0.2, 0.25) is 0 Å². The minimum Gasteiger partial charge on any atom is -0.355 e. The molecular weight excluding hydrogens is 517 g/mol. The van der Waals surface area contributed by atoms with E-state index in [1.54, 1.807) is 24.3 Å². The summed E-state index contributed by atoms with van der Waals surface area (Å²) in [7, 11) is 0. The molecule has 2 saturated carbocycles. The second-order valence-electron chi connectivity index (χ2n) is 11.7. The maximum absolute atomic E-state index is 14.5. The molecule has 0 aliphatic heterocycles. The average Bonchev–Trinajstić information content (AvgIpc) is 3.85. The van der Waals surface area contributed by atoms with E-state index in [9.17, 15) is 28.0 Å². The number of hydrogen-bond acceptors (Lipinski definition) is 4. The molecule has 0 radical (unpaired) electrons. The van der Waals surface area contributed by atoms with Crippen molar-refractivity contribution in [2.24, 2.45) is 0 Å². The summed E-state index contributed by atoms with van der Waals surface area (Å²) in [4.78, 5) is 25.5. The number of hydrogen-bond donors (Lipinski definition) is 3. The molecule has 0 unspecified atom stereocenters. The number of amides is 2. The van der Waals surface area contributed by atoms with Crippen LogP contribution < -0.4 is 16.0 Å². The number of nitrogens with zero attached hydrogens (tertiary/aromatic N) is 1. The summed E-state index contributed by atoms with van der Waals surface area (Å²) in [5.74, 6) is -0.607. The third kappa shape index (κ3) is 6.84. The highest BCUT2D eigenvalue weighted by Gasteiger charge is 2.51. The summed E-state index contributed by atoms with van der Waals surface area (Å²) < 4.78 is 43.0. The first-order chi connectivity index (χ1) is 18.9. The molecule has 2 aromatic rings. The number of rotatable bonds is 13. The molecular formula is C31H37F3N4O2. The Hall–Kier alpha value is -3.38.